The second-order valence-corrected chi connectivity index (χ2v) is 5.34. The van der Waals surface area contributed by atoms with Crippen molar-refractivity contribution in [2.24, 2.45) is 5.92 Å². The normalized spacial score (nSPS) is 22.2. The van der Waals surface area contributed by atoms with Crippen LogP contribution < -0.4 is 5.32 Å². The number of aliphatic carboxylic acids is 1. The average molecular weight is 299 g/mol. The van der Waals surface area contributed by atoms with E-state index in [0.717, 1.165) is 12.8 Å². The number of nitrogens with zero attached hydrogens (tertiary/aromatic N) is 1. The smallest absolute Gasteiger partial charge is 0.310 e. The van der Waals surface area contributed by atoms with Gasteiger partial charge in [-0.05, 0) is 31.4 Å². The summed E-state index contributed by atoms with van der Waals surface area (Å²) < 4.78 is 0. The van der Waals surface area contributed by atoms with E-state index in [1.807, 2.05) is 0 Å². The Kier molecular flexibility index (Phi) is 4.44. The Morgan fingerprint density at radius 3 is 2.85 bits per heavy atom. The fraction of sp³-hybridized carbons (Fsp3) is 0.462. The molecule has 0 spiro atoms. The molecule has 0 aliphatic heterocycles. The molecule has 2 atom stereocenters. The lowest BCUT2D eigenvalue weighted by molar-refractivity contribution is -0.383. The van der Waals surface area contributed by atoms with Crippen molar-refractivity contribution >= 4 is 28.9 Å². The number of nitro benzene ring substituents is 1. The number of carboxylic acid groups (broad SMARTS) is 1. The zero-order valence-electron chi connectivity index (χ0n) is 10.7. The predicted octanol–water partition coefficient (Wildman–Crippen LogP) is 3.30. The molecule has 0 heterocycles. The Labute approximate surface area is 120 Å². The summed E-state index contributed by atoms with van der Waals surface area (Å²) in [7, 11) is 0. The molecule has 1 aliphatic carbocycles. The summed E-state index contributed by atoms with van der Waals surface area (Å²) in [6, 6.07) is 4.61. The van der Waals surface area contributed by atoms with E-state index in [4.69, 9.17) is 16.7 Å². The fourth-order valence-electron chi connectivity index (χ4n) is 2.58. The van der Waals surface area contributed by atoms with Gasteiger partial charge in [0.05, 0.1) is 10.8 Å². The molecule has 0 amide bonds. The first kappa shape index (κ1) is 14.6. The highest BCUT2D eigenvalue weighted by atomic mass is 35.5. The molecule has 0 radical (unpaired) electrons. The number of rotatable bonds is 4. The largest absolute Gasteiger partial charge is 0.481 e. The molecule has 0 aromatic heterocycles. The number of para-hydroxylation sites is 1. The first-order valence-corrected chi connectivity index (χ1v) is 6.79. The van der Waals surface area contributed by atoms with E-state index >= 15 is 0 Å². The Hall–Kier alpha value is -1.82. The lowest BCUT2D eigenvalue weighted by Gasteiger charge is -2.28. The first-order chi connectivity index (χ1) is 9.49. The van der Waals surface area contributed by atoms with Gasteiger partial charge in [0.1, 0.15) is 10.7 Å². The van der Waals surface area contributed by atoms with Gasteiger partial charge in [0, 0.05) is 6.04 Å². The second kappa shape index (κ2) is 6.09. The first-order valence-electron chi connectivity index (χ1n) is 6.41. The van der Waals surface area contributed by atoms with E-state index in [1.54, 1.807) is 12.1 Å². The van der Waals surface area contributed by atoms with Gasteiger partial charge in [-0.15, -0.1) is 0 Å². The zero-order chi connectivity index (χ0) is 14.7. The highest BCUT2D eigenvalue weighted by Crippen LogP contribution is 2.35. The van der Waals surface area contributed by atoms with E-state index in [1.165, 1.54) is 6.07 Å². The van der Waals surface area contributed by atoms with Crippen LogP contribution in [-0.4, -0.2) is 22.0 Å². The lowest BCUT2D eigenvalue weighted by atomic mass is 9.85. The quantitative estimate of drug-likeness (QED) is 0.657. The van der Waals surface area contributed by atoms with Crippen molar-refractivity contribution in [2.75, 3.05) is 5.32 Å². The van der Waals surface area contributed by atoms with Crippen LogP contribution in [0.5, 0.6) is 0 Å². The summed E-state index contributed by atoms with van der Waals surface area (Å²) in [5.74, 6) is -1.20. The van der Waals surface area contributed by atoms with Crippen LogP contribution in [0.2, 0.25) is 5.02 Å². The van der Waals surface area contributed by atoms with Crippen molar-refractivity contribution in [2.45, 2.75) is 31.7 Å². The number of anilines is 1. The van der Waals surface area contributed by atoms with Crippen molar-refractivity contribution in [3.8, 4) is 0 Å². The third kappa shape index (κ3) is 3.19. The minimum atomic E-state index is -0.808. The van der Waals surface area contributed by atoms with Crippen LogP contribution in [0.15, 0.2) is 18.2 Å². The number of carboxylic acids is 1. The number of carbonyl (C=O) groups is 1. The van der Waals surface area contributed by atoms with Gasteiger partial charge >= 0.3 is 11.7 Å². The fourth-order valence-corrected chi connectivity index (χ4v) is 2.83. The molecule has 0 bridgehead atoms. The number of hydrogen-bond acceptors (Lipinski definition) is 4. The Balaban J connectivity index is 2.16. The molecule has 108 valence electrons. The van der Waals surface area contributed by atoms with Gasteiger partial charge in [0.25, 0.3) is 0 Å². The number of nitrogens with one attached hydrogen (secondary N) is 1. The molecule has 20 heavy (non-hydrogen) atoms. The average Bonchev–Trinajstić information content (AvgIpc) is 2.38. The molecule has 2 N–H and O–H groups in total. The summed E-state index contributed by atoms with van der Waals surface area (Å²) in [6.07, 6.45) is 2.72. The third-order valence-electron chi connectivity index (χ3n) is 3.55. The monoisotopic (exact) mass is 298 g/mol. The van der Waals surface area contributed by atoms with Crippen molar-refractivity contribution in [3.05, 3.63) is 33.3 Å². The van der Waals surface area contributed by atoms with Gasteiger partial charge in [-0.3, -0.25) is 14.9 Å². The van der Waals surface area contributed by atoms with Crippen LogP contribution in [0.25, 0.3) is 0 Å². The highest BCUT2D eigenvalue weighted by molar-refractivity contribution is 6.33. The van der Waals surface area contributed by atoms with E-state index in [2.05, 4.69) is 5.32 Å². The van der Waals surface area contributed by atoms with E-state index in [-0.39, 0.29) is 22.7 Å². The van der Waals surface area contributed by atoms with Crippen LogP contribution >= 0.6 is 11.6 Å². The number of benzene rings is 1. The zero-order valence-corrected chi connectivity index (χ0v) is 11.5. The molecular formula is C13H15ClN2O4. The molecule has 2 rings (SSSR count). The van der Waals surface area contributed by atoms with Crippen molar-refractivity contribution < 1.29 is 14.8 Å². The topological polar surface area (TPSA) is 92.5 Å². The molecular weight excluding hydrogens is 284 g/mol. The van der Waals surface area contributed by atoms with E-state index in [0.29, 0.717) is 18.5 Å². The van der Waals surface area contributed by atoms with Crippen LogP contribution in [-0.2, 0) is 4.79 Å². The lowest BCUT2D eigenvalue weighted by Crippen LogP contribution is -2.31. The van der Waals surface area contributed by atoms with Gasteiger partial charge < -0.3 is 10.4 Å². The van der Waals surface area contributed by atoms with E-state index < -0.39 is 10.9 Å². The van der Waals surface area contributed by atoms with Crippen LogP contribution in [0.4, 0.5) is 11.4 Å². The third-order valence-corrected chi connectivity index (χ3v) is 3.86. The van der Waals surface area contributed by atoms with Crippen molar-refractivity contribution in [1.29, 1.82) is 0 Å². The molecule has 1 aliphatic rings. The summed E-state index contributed by atoms with van der Waals surface area (Å²) in [5.41, 5.74) is 0.185. The molecule has 0 saturated heterocycles. The minimum Gasteiger partial charge on any atom is -0.481 e. The number of nitro groups is 1. The molecule has 1 saturated carbocycles. The van der Waals surface area contributed by atoms with Gasteiger partial charge in [-0.25, -0.2) is 0 Å². The number of halogens is 1. The Morgan fingerprint density at radius 1 is 1.45 bits per heavy atom. The maximum absolute atomic E-state index is 11.0. The summed E-state index contributed by atoms with van der Waals surface area (Å²) >= 11 is 5.85. The molecule has 6 nitrogen and oxygen atoms in total. The molecule has 1 fully saturated rings. The van der Waals surface area contributed by atoms with Crippen LogP contribution in [0, 0.1) is 16.0 Å². The maximum Gasteiger partial charge on any atom is 0.310 e. The van der Waals surface area contributed by atoms with Crippen LogP contribution in [0.1, 0.15) is 25.7 Å². The molecule has 7 heteroatoms. The highest BCUT2D eigenvalue weighted by Gasteiger charge is 2.28. The number of hydrogen-bond donors (Lipinski definition) is 2. The summed E-state index contributed by atoms with van der Waals surface area (Å²) in [4.78, 5) is 21.5. The second-order valence-electron chi connectivity index (χ2n) is 4.94. The van der Waals surface area contributed by atoms with Crippen molar-refractivity contribution in [1.82, 2.24) is 0 Å². The van der Waals surface area contributed by atoms with Crippen molar-refractivity contribution in [3.63, 3.8) is 0 Å². The standard InChI is InChI=1S/C13H15ClN2O4/c14-10-5-2-6-11(12(10)16(19)20)15-9-4-1-3-8(7-9)13(17)18/h2,5-6,8-9,15H,1,3-4,7H2,(H,17,18). The SMILES string of the molecule is O=C(O)C1CCCC(Nc2cccc(Cl)c2[N+](=O)[O-])C1. The van der Waals surface area contributed by atoms with Gasteiger partial charge in [-0.2, -0.15) is 0 Å². The Morgan fingerprint density at radius 2 is 2.20 bits per heavy atom. The molecule has 1 aromatic rings. The van der Waals surface area contributed by atoms with Crippen LogP contribution in [0.3, 0.4) is 0 Å². The van der Waals surface area contributed by atoms with Gasteiger partial charge in [0.15, 0.2) is 0 Å². The summed E-state index contributed by atoms with van der Waals surface area (Å²) in [6.45, 7) is 0. The minimum absolute atomic E-state index is 0.0746. The summed E-state index contributed by atoms with van der Waals surface area (Å²) in [5, 5.41) is 23.2. The van der Waals surface area contributed by atoms with Gasteiger partial charge in [0.2, 0.25) is 0 Å². The van der Waals surface area contributed by atoms with E-state index in [9.17, 15) is 14.9 Å². The maximum atomic E-state index is 11.0. The van der Waals surface area contributed by atoms with Gasteiger partial charge in [-0.1, -0.05) is 24.1 Å². The predicted molar refractivity (Wildman–Crippen MR) is 75.1 cm³/mol. The molecule has 1 aromatic carbocycles. The Bertz CT molecular complexity index is 535. The molecule has 2 unspecified atom stereocenters.